The number of hydrogen-bond donors (Lipinski definition) is 1. The smallest absolute Gasteiger partial charge is 0.200 e. The van der Waals surface area contributed by atoms with E-state index in [-0.39, 0.29) is 0 Å². The third-order valence-corrected chi connectivity index (χ3v) is 9.10. The maximum Gasteiger partial charge on any atom is 0.200 e. The second-order valence-electron chi connectivity index (χ2n) is 11.0. The van der Waals surface area contributed by atoms with Crippen molar-refractivity contribution in [1.82, 2.24) is 9.47 Å². The minimum atomic E-state index is 0.338. The SMILES string of the molecule is Oc1c2c(Cl)c(N3CCN(CCC(c4ccccc4)c4ccccc4)CC3)ccc2cn1C1CCCCC1. The molecular weight excluding hydrogens is 490 g/mol. The van der Waals surface area contributed by atoms with E-state index in [1.807, 2.05) is 0 Å². The van der Waals surface area contributed by atoms with Crippen molar-refractivity contribution in [2.24, 2.45) is 0 Å². The van der Waals surface area contributed by atoms with Crippen molar-refractivity contribution in [1.29, 1.82) is 0 Å². The van der Waals surface area contributed by atoms with Crippen LogP contribution in [0.2, 0.25) is 5.02 Å². The molecule has 1 N–H and O–H groups in total. The van der Waals surface area contributed by atoms with Gasteiger partial charge in [-0.05, 0) is 43.0 Å². The van der Waals surface area contributed by atoms with Crippen molar-refractivity contribution >= 4 is 28.1 Å². The molecule has 5 heteroatoms. The zero-order chi connectivity index (χ0) is 25.9. The Kier molecular flexibility index (Phi) is 7.62. The van der Waals surface area contributed by atoms with Gasteiger partial charge < -0.3 is 14.6 Å². The van der Waals surface area contributed by atoms with Crippen LogP contribution < -0.4 is 4.90 Å². The standard InChI is InChI=1S/C33H38ClN3O/c34-32-30(17-16-27-24-37(33(38)31(27)32)28-14-8-3-9-15-28)36-22-20-35(21-23-36)19-18-29(25-10-4-1-5-11-25)26-12-6-2-7-13-26/h1-2,4-7,10-13,16-17,24,28-29,38H,3,8-9,14-15,18-23H2. The van der Waals surface area contributed by atoms with Crippen molar-refractivity contribution in [2.75, 3.05) is 37.6 Å². The first-order valence-electron chi connectivity index (χ1n) is 14.3. The third kappa shape index (κ3) is 5.17. The second kappa shape index (κ2) is 11.4. The molecule has 198 valence electrons. The predicted octanol–water partition coefficient (Wildman–Crippen LogP) is 7.85. The van der Waals surface area contributed by atoms with Crippen LogP contribution in [0.3, 0.4) is 0 Å². The van der Waals surface area contributed by atoms with E-state index in [2.05, 4.69) is 93.4 Å². The third-order valence-electron chi connectivity index (χ3n) is 8.72. The highest BCUT2D eigenvalue weighted by atomic mass is 35.5. The minimum Gasteiger partial charge on any atom is -0.494 e. The summed E-state index contributed by atoms with van der Waals surface area (Å²) < 4.78 is 2.08. The zero-order valence-corrected chi connectivity index (χ0v) is 22.9. The Bertz CT molecular complexity index is 1300. The normalized spacial score (nSPS) is 17.5. The number of rotatable bonds is 7. The summed E-state index contributed by atoms with van der Waals surface area (Å²) in [6, 6.07) is 26.4. The quantitative estimate of drug-likeness (QED) is 0.265. The number of fused-ring (bicyclic) bond motifs is 1. The maximum atomic E-state index is 11.1. The second-order valence-corrected chi connectivity index (χ2v) is 11.4. The lowest BCUT2D eigenvalue weighted by Crippen LogP contribution is -2.47. The van der Waals surface area contributed by atoms with Crippen LogP contribution in [0.1, 0.15) is 61.6 Å². The van der Waals surface area contributed by atoms with Crippen LogP contribution in [0.15, 0.2) is 79.0 Å². The predicted molar refractivity (Wildman–Crippen MR) is 159 cm³/mol. The van der Waals surface area contributed by atoms with Crippen molar-refractivity contribution in [3.63, 3.8) is 0 Å². The van der Waals surface area contributed by atoms with Gasteiger partial charge in [-0.15, -0.1) is 0 Å². The Morgan fingerprint density at radius 1 is 0.789 bits per heavy atom. The van der Waals surface area contributed by atoms with E-state index >= 15 is 0 Å². The number of hydrogen-bond acceptors (Lipinski definition) is 3. The number of piperazine rings is 1. The van der Waals surface area contributed by atoms with Gasteiger partial charge in [0.2, 0.25) is 5.88 Å². The summed E-state index contributed by atoms with van der Waals surface area (Å²) in [7, 11) is 0. The molecule has 0 bridgehead atoms. The lowest BCUT2D eigenvalue weighted by molar-refractivity contribution is 0.251. The van der Waals surface area contributed by atoms with Gasteiger partial charge in [0.25, 0.3) is 0 Å². The van der Waals surface area contributed by atoms with Crippen LogP contribution in [0.4, 0.5) is 5.69 Å². The van der Waals surface area contributed by atoms with E-state index in [4.69, 9.17) is 11.6 Å². The summed E-state index contributed by atoms with van der Waals surface area (Å²) in [6.45, 7) is 4.98. The molecule has 0 radical (unpaired) electrons. The molecular formula is C33H38ClN3O. The minimum absolute atomic E-state index is 0.338. The van der Waals surface area contributed by atoms with Crippen molar-refractivity contribution < 1.29 is 5.11 Å². The zero-order valence-electron chi connectivity index (χ0n) is 22.1. The molecule has 38 heavy (non-hydrogen) atoms. The molecule has 0 unspecified atom stereocenters. The highest BCUT2D eigenvalue weighted by molar-refractivity contribution is 6.38. The molecule has 2 fully saturated rings. The van der Waals surface area contributed by atoms with Gasteiger partial charge in [-0.2, -0.15) is 0 Å². The van der Waals surface area contributed by atoms with Crippen molar-refractivity contribution in [2.45, 2.75) is 50.5 Å². The Hall–Kier alpha value is -2.95. The molecule has 4 nitrogen and oxygen atoms in total. The van der Waals surface area contributed by atoms with Crippen molar-refractivity contribution in [3.05, 3.63) is 95.1 Å². The highest BCUT2D eigenvalue weighted by Gasteiger charge is 2.25. The van der Waals surface area contributed by atoms with Gasteiger partial charge in [0.05, 0.1) is 16.1 Å². The Balaban J connectivity index is 1.13. The molecule has 1 aromatic heterocycles. The first-order chi connectivity index (χ1) is 18.7. The van der Waals surface area contributed by atoms with Gasteiger partial charge >= 0.3 is 0 Å². The number of benzene rings is 3. The molecule has 0 spiro atoms. The van der Waals surface area contributed by atoms with Gasteiger partial charge in [-0.25, -0.2) is 0 Å². The van der Waals surface area contributed by atoms with Crippen LogP contribution in [-0.2, 0) is 0 Å². The summed E-state index contributed by atoms with van der Waals surface area (Å²) in [6.07, 6.45) is 9.24. The summed E-state index contributed by atoms with van der Waals surface area (Å²) in [4.78, 5) is 4.97. The monoisotopic (exact) mass is 527 g/mol. The average Bonchev–Trinajstić information content (AvgIpc) is 3.32. The molecule has 1 saturated carbocycles. The van der Waals surface area contributed by atoms with E-state index < -0.39 is 0 Å². The van der Waals surface area contributed by atoms with Gasteiger partial charge in [-0.1, -0.05) is 97.6 Å². The maximum absolute atomic E-state index is 11.1. The highest BCUT2D eigenvalue weighted by Crippen LogP contribution is 2.43. The van der Waals surface area contributed by atoms with Crippen LogP contribution in [-0.4, -0.2) is 47.3 Å². The molecule has 3 aromatic carbocycles. The van der Waals surface area contributed by atoms with Gasteiger partial charge in [0, 0.05) is 49.7 Å². The van der Waals surface area contributed by atoms with E-state index in [0.717, 1.165) is 68.4 Å². The summed E-state index contributed by atoms with van der Waals surface area (Å²) in [5.74, 6) is 0.744. The van der Waals surface area contributed by atoms with Gasteiger partial charge in [0.1, 0.15) is 0 Å². The van der Waals surface area contributed by atoms with Gasteiger partial charge in [0.15, 0.2) is 0 Å². The van der Waals surface area contributed by atoms with Crippen LogP contribution in [0.25, 0.3) is 10.8 Å². The molecule has 6 rings (SSSR count). The summed E-state index contributed by atoms with van der Waals surface area (Å²) in [5, 5.41) is 13.7. The molecule has 0 amide bonds. The molecule has 1 aliphatic carbocycles. The van der Waals surface area contributed by atoms with Crippen molar-refractivity contribution in [3.8, 4) is 5.88 Å². The Morgan fingerprint density at radius 2 is 1.42 bits per heavy atom. The summed E-state index contributed by atoms with van der Waals surface area (Å²) in [5.41, 5.74) is 3.82. The lowest BCUT2D eigenvalue weighted by Gasteiger charge is -2.37. The Labute approximate surface area is 231 Å². The first-order valence-corrected chi connectivity index (χ1v) is 14.7. The fourth-order valence-corrected chi connectivity index (χ4v) is 6.93. The molecule has 2 heterocycles. The van der Waals surface area contributed by atoms with E-state index in [1.165, 1.54) is 30.4 Å². The lowest BCUT2D eigenvalue weighted by atomic mass is 9.88. The number of anilines is 1. The van der Waals surface area contributed by atoms with E-state index in [9.17, 15) is 5.11 Å². The number of aromatic hydroxyl groups is 1. The fraction of sp³-hybridized carbons (Fsp3) is 0.394. The molecule has 2 aliphatic rings. The largest absolute Gasteiger partial charge is 0.494 e. The summed E-state index contributed by atoms with van der Waals surface area (Å²) >= 11 is 6.98. The molecule has 4 aromatic rings. The van der Waals surface area contributed by atoms with E-state index in [0.29, 0.717) is 22.9 Å². The molecule has 0 atom stereocenters. The molecule has 1 saturated heterocycles. The average molecular weight is 528 g/mol. The number of aromatic nitrogens is 1. The number of halogens is 1. The number of nitrogens with zero attached hydrogens (tertiary/aromatic N) is 3. The topological polar surface area (TPSA) is 31.6 Å². The van der Waals surface area contributed by atoms with E-state index in [1.54, 1.807) is 0 Å². The van der Waals surface area contributed by atoms with Crippen LogP contribution in [0.5, 0.6) is 5.88 Å². The fourth-order valence-electron chi connectivity index (χ4n) is 6.56. The van der Waals surface area contributed by atoms with Gasteiger partial charge in [-0.3, -0.25) is 4.90 Å². The first kappa shape index (κ1) is 25.3. The van der Waals surface area contributed by atoms with Crippen LogP contribution in [0, 0.1) is 0 Å². The van der Waals surface area contributed by atoms with Crippen LogP contribution >= 0.6 is 11.6 Å². The Morgan fingerprint density at radius 3 is 2.05 bits per heavy atom. The molecule has 1 aliphatic heterocycles.